The molecule has 0 unspecified atom stereocenters. The normalized spacial score (nSPS) is 20.2. The molecule has 3 heteroatoms. The lowest BCUT2D eigenvalue weighted by Crippen LogP contribution is -2.38. The molecule has 1 aliphatic rings. The van der Waals surface area contributed by atoms with Gasteiger partial charge in [-0.25, -0.2) is 0 Å². The predicted octanol–water partition coefficient (Wildman–Crippen LogP) is 1.16. The van der Waals surface area contributed by atoms with Crippen LogP contribution in [-0.4, -0.2) is 31.2 Å². The molecule has 3 nitrogen and oxygen atoms in total. The molecule has 0 aromatic rings. The van der Waals surface area contributed by atoms with Crippen LogP contribution in [0.15, 0.2) is 0 Å². The standard InChI is InChI=1S/C9H18O3/c1-3-9(4-2,7-10)8-11-5-6-12-8/h8,10H,3-7H2,1-2H3. The topological polar surface area (TPSA) is 38.7 Å². The van der Waals surface area contributed by atoms with Crippen molar-refractivity contribution in [3.63, 3.8) is 0 Å². The Hall–Kier alpha value is -0.120. The molecule has 12 heavy (non-hydrogen) atoms. The van der Waals surface area contributed by atoms with E-state index in [2.05, 4.69) is 13.8 Å². The van der Waals surface area contributed by atoms with Gasteiger partial charge in [0, 0.05) is 5.41 Å². The van der Waals surface area contributed by atoms with Crippen LogP contribution in [-0.2, 0) is 9.47 Å². The zero-order valence-electron chi connectivity index (χ0n) is 7.88. The van der Waals surface area contributed by atoms with Gasteiger partial charge in [-0.1, -0.05) is 13.8 Å². The molecule has 0 radical (unpaired) electrons. The Morgan fingerprint density at radius 3 is 2.08 bits per heavy atom. The molecule has 0 bridgehead atoms. The minimum absolute atomic E-state index is 0.144. The second kappa shape index (κ2) is 4.21. The van der Waals surface area contributed by atoms with Crippen molar-refractivity contribution in [1.82, 2.24) is 0 Å². The SMILES string of the molecule is CCC(CC)(CO)C1OCCO1. The van der Waals surface area contributed by atoms with Crippen molar-refractivity contribution >= 4 is 0 Å². The first-order valence-corrected chi connectivity index (χ1v) is 4.63. The molecule has 0 amide bonds. The summed E-state index contributed by atoms with van der Waals surface area (Å²) in [6.07, 6.45) is 1.59. The van der Waals surface area contributed by atoms with Crippen LogP contribution in [0.3, 0.4) is 0 Å². The van der Waals surface area contributed by atoms with Crippen LogP contribution >= 0.6 is 0 Å². The van der Waals surface area contributed by atoms with E-state index in [-0.39, 0.29) is 18.3 Å². The summed E-state index contributed by atoms with van der Waals surface area (Å²) in [5.41, 5.74) is -0.184. The largest absolute Gasteiger partial charge is 0.396 e. The molecular formula is C9H18O3. The van der Waals surface area contributed by atoms with Crippen LogP contribution < -0.4 is 0 Å². The van der Waals surface area contributed by atoms with Gasteiger partial charge in [-0.05, 0) is 12.8 Å². The van der Waals surface area contributed by atoms with Crippen molar-refractivity contribution in [1.29, 1.82) is 0 Å². The molecular weight excluding hydrogens is 156 g/mol. The van der Waals surface area contributed by atoms with E-state index in [9.17, 15) is 5.11 Å². The Kier molecular flexibility index (Phi) is 3.50. The highest BCUT2D eigenvalue weighted by Crippen LogP contribution is 2.34. The molecule has 0 aromatic carbocycles. The predicted molar refractivity (Wildman–Crippen MR) is 45.8 cm³/mol. The molecule has 0 aliphatic carbocycles. The fraction of sp³-hybridized carbons (Fsp3) is 1.00. The van der Waals surface area contributed by atoms with Crippen molar-refractivity contribution < 1.29 is 14.6 Å². The van der Waals surface area contributed by atoms with E-state index in [0.717, 1.165) is 12.8 Å². The second-order valence-electron chi connectivity index (χ2n) is 3.30. The first kappa shape index (κ1) is 9.96. The zero-order chi connectivity index (χ0) is 9.03. The maximum Gasteiger partial charge on any atom is 0.165 e. The molecule has 0 saturated carbocycles. The van der Waals surface area contributed by atoms with Gasteiger partial charge in [0.25, 0.3) is 0 Å². The third-order valence-electron chi connectivity index (χ3n) is 2.84. The quantitative estimate of drug-likeness (QED) is 0.695. The number of rotatable bonds is 4. The van der Waals surface area contributed by atoms with E-state index in [1.807, 2.05) is 0 Å². The first-order valence-electron chi connectivity index (χ1n) is 4.63. The summed E-state index contributed by atoms with van der Waals surface area (Å²) in [5.74, 6) is 0. The first-order chi connectivity index (χ1) is 5.79. The second-order valence-corrected chi connectivity index (χ2v) is 3.30. The van der Waals surface area contributed by atoms with Crippen molar-refractivity contribution in [2.75, 3.05) is 19.8 Å². The van der Waals surface area contributed by atoms with E-state index in [0.29, 0.717) is 13.2 Å². The Labute approximate surface area is 73.7 Å². The highest BCUT2D eigenvalue weighted by molar-refractivity contribution is 4.81. The van der Waals surface area contributed by atoms with Crippen LogP contribution in [0.1, 0.15) is 26.7 Å². The van der Waals surface area contributed by atoms with Crippen LogP contribution in [0.25, 0.3) is 0 Å². The van der Waals surface area contributed by atoms with Gasteiger partial charge in [-0.3, -0.25) is 0 Å². The van der Waals surface area contributed by atoms with Gasteiger partial charge in [0.05, 0.1) is 19.8 Å². The van der Waals surface area contributed by atoms with Gasteiger partial charge >= 0.3 is 0 Å². The fourth-order valence-corrected chi connectivity index (χ4v) is 1.59. The molecule has 1 heterocycles. The Balaban J connectivity index is 2.61. The zero-order valence-corrected chi connectivity index (χ0v) is 7.88. The smallest absolute Gasteiger partial charge is 0.165 e. The average molecular weight is 174 g/mol. The summed E-state index contributed by atoms with van der Waals surface area (Å²) in [6, 6.07) is 0. The summed E-state index contributed by atoms with van der Waals surface area (Å²) < 4.78 is 10.8. The highest BCUT2D eigenvalue weighted by atomic mass is 16.7. The molecule has 0 aromatic heterocycles. The lowest BCUT2D eigenvalue weighted by molar-refractivity contribution is -0.152. The molecule has 1 saturated heterocycles. The summed E-state index contributed by atoms with van der Waals surface area (Å²) in [5, 5.41) is 9.28. The van der Waals surface area contributed by atoms with E-state index < -0.39 is 0 Å². The lowest BCUT2D eigenvalue weighted by atomic mass is 9.82. The number of aliphatic hydroxyl groups is 1. The average Bonchev–Trinajstić information content (AvgIpc) is 2.62. The van der Waals surface area contributed by atoms with Gasteiger partial charge in [0.1, 0.15) is 0 Å². The Bertz CT molecular complexity index is 117. The van der Waals surface area contributed by atoms with E-state index in [1.54, 1.807) is 0 Å². The molecule has 1 aliphatic heterocycles. The van der Waals surface area contributed by atoms with Gasteiger partial charge in [-0.15, -0.1) is 0 Å². The number of aliphatic hydroxyl groups excluding tert-OH is 1. The van der Waals surface area contributed by atoms with Gasteiger partial charge in [0.2, 0.25) is 0 Å². The van der Waals surface area contributed by atoms with Crippen molar-refractivity contribution in [3.05, 3.63) is 0 Å². The summed E-state index contributed by atoms with van der Waals surface area (Å²) in [6.45, 7) is 5.58. The number of ether oxygens (including phenoxy) is 2. The van der Waals surface area contributed by atoms with Gasteiger partial charge in [-0.2, -0.15) is 0 Å². The summed E-state index contributed by atoms with van der Waals surface area (Å²) in [4.78, 5) is 0. The van der Waals surface area contributed by atoms with E-state index in [1.165, 1.54) is 0 Å². The monoisotopic (exact) mass is 174 g/mol. The summed E-state index contributed by atoms with van der Waals surface area (Å²) >= 11 is 0. The molecule has 1 fully saturated rings. The van der Waals surface area contributed by atoms with Gasteiger partial charge < -0.3 is 14.6 Å². The maximum absolute atomic E-state index is 9.28. The highest BCUT2D eigenvalue weighted by Gasteiger charge is 2.39. The van der Waals surface area contributed by atoms with Crippen LogP contribution in [0, 0.1) is 5.41 Å². The van der Waals surface area contributed by atoms with Crippen LogP contribution in [0.2, 0.25) is 0 Å². The minimum atomic E-state index is -0.197. The maximum atomic E-state index is 9.28. The molecule has 1 N–H and O–H groups in total. The summed E-state index contributed by atoms with van der Waals surface area (Å²) in [7, 11) is 0. The van der Waals surface area contributed by atoms with Gasteiger partial charge in [0.15, 0.2) is 6.29 Å². The van der Waals surface area contributed by atoms with Crippen LogP contribution in [0.5, 0.6) is 0 Å². The van der Waals surface area contributed by atoms with Crippen molar-refractivity contribution in [2.24, 2.45) is 5.41 Å². The molecule has 0 atom stereocenters. The molecule has 0 spiro atoms. The van der Waals surface area contributed by atoms with Crippen LogP contribution in [0.4, 0.5) is 0 Å². The minimum Gasteiger partial charge on any atom is -0.396 e. The molecule has 1 rings (SSSR count). The Morgan fingerprint density at radius 1 is 1.25 bits per heavy atom. The van der Waals surface area contributed by atoms with Crippen molar-refractivity contribution in [3.8, 4) is 0 Å². The van der Waals surface area contributed by atoms with E-state index in [4.69, 9.17) is 9.47 Å². The third kappa shape index (κ3) is 1.63. The van der Waals surface area contributed by atoms with Crippen molar-refractivity contribution in [2.45, 2.75) is 33.0 Å². The third-order valence-corrected chi connectivity index (χ3v) is 2.84. The number of hydrogen-bond donors (Lipinski definition) is 1. The fourth-order valence-electron chi connectivity index (χ4n) is 1.59. The molecule has 72 valence electrons. The lowest BCUT2D eigenvalue weighted by Gasteiger charge is -2.33. The number of hydrogen-bond acceptors (Lipinski definition) is 3. The van der Waals surface area contributed by atoms with E-state index >= 15 is 0 Å². The Morgan fingerprint density at radius 2 is 1.75 bits per heavy atom.